The van der Waals surface area contributed by atoms with Gasteiger partial charge in [-0.3, -0.25) is 4.98 Å². The molecule has 3 nitrogen and oxygen atoms in total. The van der Waals surface area contributed by atoms with Crippen LogP contribution in [0.3, 0.4) is 0 Å². The highest BCUT2D eigenvalue weighted by atomic mass is 19.1. The lowest BCUT2D eigenvalue weighted by atomic mass is 9.91. The monoisotopic (exact) mass is 378 g/mol. The van der Waals surface area contributed by atoms with E-state index in [-0.39, 0.29) is 11.6 Å². The van der Waals surface area contributed by atoms with E-state index < -0.39 is 5.82 Å². The summed E-state index contributed by atoms with van der Waals surface area (Å²) in [6, 6.07) is 10.1. The molecule has 0 amide bonds. The van der Waals surface area contributed by atoms with E-state index in [0.717, 1.165) is 64.6 Å². The van der Waals surface area contributed by atoms with Crippen molar-refractivity contribution in [3.8, 4) is 5.75 Å². The van der Waals surface area contributed by atoms with E-state index in [0.29, 0.717) is 11.8 Å². The Hall–Kier alpha value is -2.95. The van der Waals surface area contributed by atoms with Crippen molar-refractivity contribution in [3.05, 3.63) is 70.5 Å². The molecule has 5 heteroatoms. The molecule has 0 saturated carbocycles. The van der Waals surface area contributed by atoms with Crippen molar-refractivity contribution >= 4 is 21.8 Å². The molecule has 1 N–H and O–H groups in total. The third-order valence-electron chi connectivity index (χ3n) is 5.66. The minimum absolute atomic E-state index is 0.218. The van der Waals surface area contributed by atoms with Gasteiger partial charge in [0.25, 0.3) is 0 Å². The molecule has 0 bridgehead atoms. The quantitative estimate of drug-likeness (QED) is 0.513. The number of aryl methyl sites for hydroxylation is 2. The van der Waals surface area contributed by atoms with Crippen LogP contribution in [-0.4, -0.2) is 17.1 Å². The Labute approximate surface area is 161 Å². The number of ether oxygens (including phenoxy) is 1. The maximum Gasteiger partial charge on any atom is 0.165 e. The molecular weight excluding hydrogens is 358 g/mol. The van der Waals surface area contributed by atoms with Gasteiger partial charge in [0.2, 0.25) is 0 Å². The molecule has 0 spiro atoms. The first-order valence-corrected chi connectivity index (χ1v) is 9.58. The minimum Gasteiger partial charge on any atom is -0.494 e. The first-order chi connectivity index (χ1) is 13.7. The van der Waals surface area contributed by atoms with Crippen LogP contribution >= 0.6 is 0 Å². The van der Waals surface area contributed by atoms with Gasteiger partial charge in [-0.2, -0.15) is 0 Å². The zero-order valence-electron chi connectivity index (χ0n) is 15.6. The molecule has 0 saturated heterocycles. The van der Waals surface area contributed by atoms with E-state index in [1.807, 2.05) is 12.1 Å². The first kappa shape index (κ1) is 17.2. The summed E-state index contributed by atoms with van der Waals surface area (Å²) < 4.78 is 33.9. The van der Waals surface area contributed by atoms with Crippen LogP contribution in [0.2, 0.25) is 0 Å². The second kappa shape index (κ2) is 6.59. The summed E-state index contributed by atoms with van der Waals surface area (Å²) in [5.41, 5.74) is 5.47. The van der Waals surface area contributed by atoms with Crippen LogP contribution in [0, 0.1) is 11.6 Å². The number of fused-ring (bicyclic) bond motifs is 5. The summed E-state index contributed by atoms with van der Waals surface area (Å²) in [6.45, 7) is 0. The van der Waals surface area contributed by atoms with Crippen molar-refractivity contribution in [2.45, 2.75) is 32.1 Å². The molecule has 0 aliphatic heterocycles. The molecule has 28 heavy (non-hydrogen) atoms. The molecule has 0 unspecified atom stereocenters. The van der Waals surface area contributed by atoms with Gasteiger partial charge in [-0.25, -0.2) is 8.78 Å². The Morgan fingerprint density at radius 1 is 1.04 bits per heavy atom. The third-order valence-corrected chi connectivity index (χ3v) is 5.66. The Balaban J connectivity index is 1.74. The Bertz CT molecular complexity index is 1210. The summed E-state index contributed by atoms with van der Waals surface area (Å²) in [5.74, 6) is -0.388. The van der Waals surface area contributed by atoms with Crippen LogP contribution < -0.4 is 4.74 Å². The second-order valence-corrected chi connectivity index (χ2v) is 7.37. The van der Waals surface area contributed by atoms with Crippen molar-refractivity contribution in [1.82, 2.24) is 9.97 Å². The summed E-state index contributed by atoms with van der Waals surface area (Å²) in [5, 5.41) is 1.59. The van der Waals surface area contributed by atoms with Gasteiger partial charge in [-0.05, 0) is 61.1 Å². The zero-order valence-corrected chi connectivity index (χ0v) is 15.6. The molecule has 2 aromatic heterocycles. The first-order valence-electron chi connectivity index (χ1n) is 9.58. The topological polar surface area (TPSA) is 37.9 Å². The fourth-order valence-electron chi connectivity index (χ4n) is 4.36. The molecule has 5 rings (SSSR count). The second-order valence-electron chi connectivity index (χ2n) is 7.37. The van der Waals surface area contributed by atoms with Gasteiger partial charge in [-0.1, -0.05) is 12.1 Å². The number of rotatable bonds is 3. The average molecular weight is 378 g/mol. The van der Waals surface area contributed by atoms with Crippen molar-refractivity contribution in [3.63, 3.8) is 0 Å². The number of H-pyrrole nitrogens is 1. The van der Waals surface area contributed by atoms with Gasteiger partial charge in [-0.15, -0.1) is 0 Å². The normalized spacial score (nSPS) is 13.8. The predicted octanol–water partition coefficient (Wildman–Crippen LogP) is 5.47. The molecule has 0 radical (unpaired) electrons. The SMILES string of the molecule is COc1ccc(Cc2nc3c(c4c2[nH]c2cccc(F)c24)CCCC3)cc1F. The molecule has 2 heterocycles. The smallest absolute Gasteiger partial charge is 0.165 e. The number of hydrogen-bond acceptors (Lipinski definition) is 2. The number of halogens is 2. The van der Waals surface area contributed by atoms with Crippen LogP contribution in [0.1, 0.15) is 35.4 Å². The lowest BCUT2D eigenvalue weighted by molar-refractivity contribution is 0.386. The van der Waals surface area contributed by atoms with E-state index in [2.05, 4.69) is 4.98 Å². The Kier molecular flexibility index (Phi) is 4.04. The van der Waals surface area contributed by atoms with Gasteiger partial charge in [0, 0.05) is 28.4 Å². The fourth-order valence-corrected chi connectivity index (χ4v) is 4.36. The predicted molar refractivity (Wildman–Crippen MR) is 106 cm³/mol. The Morgan fingerprint density at radius 3 is 2.71 bits per heavy atom. The van der Waals surface area contributed by atoms with Crippen LogP contribution in [-0.2, 0) is 19.3 Å². The number of benzene rings is 2. The largest absolute Gasteiger partial charge is 0.494 e. The van der Waals surface area contributed by atoms with Gasteiger partial charge in [0.1, 0.15) is 5.82 Å². The van der Waals surface area contributed by atoms with E-state index in [9.17, 15) is 8.78 Å². The van der Waals surface area contributed by atoms with Crippen molar-refractivity contribution in [2.75, 3.05) is 7.11 Å². The van der Waals surface area contributed by atoms with E-state index in [1.165, 1.54) is 19.2 Å². The van der Waals surface area contributed by atoms with Gasteiger partial charge in [0.15, 0.2) is 11.6 Å². The highest BCUT2D eigenvalue weighted by molar-refractivity contribution is 6.10. The molecule has 4 aromatic rings. The maximum absolute atomic E-state index is 14.7. The van der Waals surface area contributed by atoms with Crippen LogP contribution in [0.25, 0.3) is 21.8 Å². The highest BCUT2D eigenvalue weighted by Gasteiger charge is 2.22. The van der Waals surface area contributed by atoms with Crippen LogP contribution in [0.4, 0.5) is 8.78 Å². The van der Waals surface area contributed by atoms with Gasteiger partial charge < -0.3 is 9.72 Å². The summed E-state index contributed by atoms with van der Waals surface area (Å²) in [6.07, 6.45) is 4.47. The van der Waals surface area contributed by atoms with Crippen molar-refractivity contribution in [1.29, 1.82) is 0 Å². The molecule has 1 aliphatic rings. The zero-order chi connectivity index (χ0) is 19.3. The number of nitrogens with one attached hydrogen (secondary N) is 1. The van der Waals surface area contributed by atoms with Gasteiger partial charge >= 0.3 is 0 Å². The van der Waals surface area contributed by atoms with Crippen LogP contribution in [0.5, 0.6) is 5.75 Å². The highest BCUT2D eigenvalue weighted by Crippen LogP contribution is 2.36. The van der Waals surface area contributed by atoms with E-state index in [1.54, 1.807) is 12.1 Å². The number of pyridine rings is 1. The molecule has 2 aromatic carbocycles. The van der Waals surface area contributed by atoms with Gasteiger partial charge in [0.05, 0.1) is 18.3 Å². The summed E-state index contributed by atoms with van der Waals surface area (Å²) in [7, 11) is 1.45. The van der Waals surface area contributed by atoms with Crippen LogP contribution in [0.15, 0.2) is 36.4 Å². The van der Waals surface area contributed by atoms with E-state index in [4.69, 9.17) is 9.72 Å². The number of nitrogens with zero attached hydrogens (tertiary/aromatic N) is 1. The minimum atomic E-state index is -0.392. The lowest BCUT2D eigenvalue weighted by Crippen LogP contribution is -2.09. The molecule has 1 aliphatic carbocycles. The number of hydrogen-bond donors (Lipinski definition) is 1. The summed E-state index contributed by atoms with van der Waals surface area (Å²) in [4.78, 5) is 8.30. The Morgan fingerprint density at radius 2 is 1.89 bits per heavy atom. The molecule has 0 fully saturated rings. The van der Waals surface area contributed by atoms with Crippen molar-refractivity contribution in [2.24, 2.45) is 0 Å². The molecule has 142 valence electrons. The molecular formula is C23H20F2N2O. The average Bonchev–Trinajstić information content (AvgIpc) is 3.10. The lowest BCUT2D eigenvalue weighted by Gasteiger charge is -2.18. The fraction of sp³-hybridized carbons (Fsp3) is 0.261. The third kappa shape index (κ3) is 2.65. The standard InChI is InChI=1S/C23H20F2N2O/c1-28-20-10-9-13(11-16(20)25)12-19-23-21(14-5-2-3-7-17(14)26-19)22-15(24)6-4-8-18(22)27-23/h4,6,8-11,27H,2-3,5,7,12H2,1H3. The number of aromatic nitrogens is 2. The van der Waals surface area contributed by atoms with E-state index >= 15 is 0 Å². The van der Waals surface area contributed by atoms with Crippen molar-refractivity contribution < 1.29 is 13.5 Å². The maximum atomic E-state index is 14.7. The molecule has 0 atom stereocenters. The summed E-state index contributed by atoms with van der Waals surface area (Å²) >= 11 is 0. The number of methoxy groups -OCH3 is 1. The number of aromatic amines is 1.